The van der Waals surface area contributed by atoms with Gasteiger partial charge in [-0.25, -0.2) is 0 Å². The third-order valence-corrected chi connectivity index (χ3v) is 3.48. The number of nitrogens with zero attached hydrogens (tertiary/aromatic N) is 4. The van der Waals surface area contributed by atoms with Crippen molar-refractivity contribution in [2.75, 3.05) is 40.3 Å². The SMILES string of the molecule is CCN(CCCN(C)C)C(CN)c1cnn(CC)c1. The molecule has 1 heterocycles. The normalized spacial score (nSPS) is 13.4. The van der Waals surface area contributed by atoms with Crippen molar-refractivity contribution < 1.29 is 0 Å². The fraction of sp³-hybridized carbons (Fsp3) is 0.786. The van der Waals surface area contributed by atoms with E-state index in [0.717, 1.165) is 26.2 Å². The highest BCUT2D eigenvalue weighted by Crippen LogP contribution is 2.19. The van der Waals surface area contributed by atoms with Crippen LogP contribution in [0, 0.1) is 0 Å². The molecule has 5 heteroatoms. The van der Waals surface area contributed by atoms with Crippen molar-refractivity contribution in [2.45, 2.75) is 32.9 Å². The molecule has 0 amide bonds. The average Bonchev–Trinajstić information content (AvgIpc) is 2.86. The Balaban J connectivity index is 2.63. The van der Waals surface area contributed by atoms with Crippen LogP contribution in [0.4, 0.5) is 0 Å². The van der Waals surface area contributed by atoms with Crippen LogP contribution in [0.3, 0.4) is 0 Å². The zero-order valence-corrected chi connectivity index (χ0v) is 12.8. The Morgan fingerprint density at radius 3 is 2.53 bits per heavy atom. The van der Waals surface area contributed by atoms with Crippen molar-refractivity contribution in [3.63, 3.8) is 0 Å². The van der Waals surface area contributed by atoms with Gasteiger partial charge < -0.3 is 10.6 Å². The summed E-state index contributed by atoms with van der Waals surface area (Å²) in [5.74, 6) is 0. The zero-order chi connectivity index (χ0) is 14.3. The molecule has 0 saturated heterocycles. The van der Waals surface area contributed by atoms with E-state index in [4.69, 9.17) is 5.73 Å². The van der Waals surface area contributed by atoms with Gasteiger partial charge in [-0.05, 0) is 40.5 Å². The highest BCUT2D eigenvalue weighted by atomic mass is 15.3. The van der Waals surface area contributed by atoms with Gasteiger partial charge in [0.1, 0.15) is 0 Å². The second-order valence-electron chi connectivity index (χ2n) is 5.17. The van der Waals surface area contributed by atoms with Crippen molar-refractivity contribution >= 4 is 0 Å². The molecule has 0 bridgehead atoms. The van der Waals surface area contributed by atoms with Gasteiger partial charge in [0.05, 0.1) is 12.2 Å². The first-order chi connectivity index (χ1) is 9.12. The Bertz CT molecular complexity index is 347. The predicted octanol–water partition coefficient (Wildman–Crippen LogP) is 1.18. The van der Waals surface area contributed by atoms with Crippen molar-refractivity contribution in [3.05, 3.63) is 18.0 Å². The quantitative estimate of drug-likeness (QED) is 0.730. The van der Waals surface area contributed by atoms with E-state index in [-0.39, 0.29) is 6.04 Å². The van der Waals surface area contributed by atoms with Gasteiger partial charge in [-0.3, -0.25) is 9.58 Å². The first-order valence-electron chi connectivity index (χ1n) is 7.23. The zero-order valence-electron chi connectivity index (χ0n) is 12.8. The second kappa shape index (κ2) is 8.30. The molecule has 1 rings (SSSR count). The van der Waals surface area contributed by atoms with Gasteiger partial charge in [-0.1, -0.05) is 6.92 Å². The first-order valence-corrected chi connectivity index (χ1v) is 7.23. The summed E-state index contributed by atoms with van der Waals surface area (Å²) in [5.41, 5.74) is 7.21. The lowest BCUT2D eigenvalue weighted by Crippen LogP contribution is -2.35. The minimum absolute atomic E-state index is 0.285. The molecule has 0 aliphatic heterocycles. The van der Waals surface area contributed by atoms with Gasteiger partial charge in [0.15, 0.2) is 0 Å². The number of nitrogens with two attached hydrogens (primary N) is 1. The lowest BCUT2D eigenvalue weighted by molar-refractivity contribution is 0.201. The molecule has 110 valence electrons. The highest BCUT2D eigenvalue weighted by Gasteiger charge is 2.18. The molecule has 1 atom stereocenters. The maximum atomic E-state index is 5.97. The van der Waals surface area contributed by atoms with Gasteiger partial charge in [0.2, 0.25) is 0 Å². The van der Waals surface area contributed by atoms with Gasteiger partial charge in [0.25, 0.3) is 0 Å². The molecule has 0 fully saturated rings. The standard InChI is InChI=1S/C14H29N5/c1-5-18(9-7-8-17(3)4)14(10-15)13-11-16-19(6-2)12-13/h11-12,14H,5-10,15H2,1-4H3. The van der Waals surface area contributed by atoms with E-state index in [2.05, 4.69) is 49.0 Å². The van der Waals surface area contributed by atoms with Crippen LogP contribution in [0.1, 0.15) is 31.9 Å². The Morgan fingerprint density at radius 1 is 1.32 bits per heavy atom. The van der Waals surface area contributed by atoms with E-state index in [1.54, 1.807) is 0 Å². The molecular formula is C14H29N5. The summed E-state index contributed by atoms with van der Waals surface area (Å²) >= 11 is 0. The Kier molecular flexibility index (Phi) is 7.05. The van der Waals surface area contributed by atoms with Gasteiger partial charge in [0, 0.05) is 31.4 Å². The van der Waals surface area contributed by atoms with Crippen LogP contribution in [-0.2, 0) is 6.54 Å². The molecule has 0 spiro atoms. The van der Waals surface area contributed by atoms with E-state index in [1.165, 1.54) is 12.0 Å². The van der Waals surface area contributed by atoms with E-state index in [0.29, 0.717) is 6.54 Å². The van der Waals surface area contributed by atoms with Crippen molar-refractivity contribution in [1.29, 1.82) is 0 Å². The monoisotopic (exact) mass is 267 g/mol. The topological polar surface area (TPSA) is 50.3 Å². The summed E-state index contributed by atoms with van der Waals surface area (Å²) in [6, 6.07) is 0.285. The van der Waals surface area contributed by atoms with Crippen molar-refractivity contribution in [1.82, 2.24) is 19.6 Å². The van der Waals surface area contributed by atoms with E-state index in [1.807, 2.05) is 10.9 Å². The number of aromatic nitrogens is 2. The van der Waals surface area contributed by atoms with Gasteiger partial charge in [-0.2, -0.15) is 5.10 Å². The van der Waals surface area contributed by atoms with Crippen LogP contribution in [0.5, 0.6) is 0 Å². The van der Waals surface area contributed by atoms with Crippen LogP contribution >= 0.6 is 0 Å². The molecule has 0 aromatic carbocycles. The molecule has 1 aromatic heterocycles. The fourth-order valence-electron chi connectivity index (χ4n) is 2.34. The van der Waals surface area contributed by atoms with Gasteiger partial charge >= 0.3 is 0 Å². The second-order valence-corrected chi connectivity index (χ2v) is 5.17. The number of hydrogen-bond acceptors (Lipinski definition) is 4. The minimum Gasteiger partial charge on any atom is -0.329 e. The predicted molar refractivity (Wildman–Crippen MR) is 80.1 cm³/mol. The molecular weight excluding hydrogens is 238 g/mol. The summed E-state index contributed by atoms with van der Waals surface area (Å²) in [5, 5.41) is 4.35. The molecule has 19 heavy (non-hydrogen) atoms. The first kappa shape index (κ1) is 16.1. The number of hydrogen-bond donors (Lipinski definition) is 1. The van der Waals surface area contributed by atoms with Gasteiger partial charge in [-0.15, -0.1) is 0 Å². The third kappa shape index (κ3) is 4.93. The van der Waals surface area contributed by atoms with Crippen LogP contribution in [0.2, 0.25) is 0 Å². The van der Waals surface area contributed by atoms with Crippen LogP contribution in [-0.4, -0.2) is 59.9 Å². The molecule has 5 nitrogen and oxygen atoms in total. The van der Waals surface area contributed by atoms with Crippen LogP contribution < -0.4 is 5.73 Å². The lowest BCUT2D eigenvalue weighted by Gasteiger charge is -2.29. The number of rotatable bonds is 9. The maximum Gasteiger partial charge on any atom is 0.0538 e. The molecule has 1 aromatic rings. The van der Waals surface area contributed by atoms with Crippen LogP contribution in [0.25, 0.3) is 0 Å². The summed E-state index contributed by atoms with van der Waals surface area (Å²) < 4.78 is 1.96. The molecule has 0 radical (unpaired) electrons. The Morgan fingerprint density at radius 2 is 2.05 bits per heavy atom. The Hall–Kier alpha value is -0.910. The average molecular weight is 267 g/mol. The number of aryl methyl sites for hydroxylation is 1. The summed E-state index contributed by atoms with van der Waals surface area (Å²) in [7, 11) is 4.23. The molecule has 0 aliphatic carbocycles. The number of likely N-dealkylation sites (N-methyl/N-ethyl adjacent to an activating group) is 1. The summed E-state index contributed by atoms with van der Waals surface area (Å²) in [6.07, 6.45) is 5.24. The molecule has 0 aliphatic rings. The highest BCUT2D eigenvalue weighted by molar-refractivity contribution is 5.11. The van der Waals surface area contributed by atoms with E-state index >= 15 is 0 Å². The molecule has 1 unspecified atom stereocenters. The smallest absolute Gasteiger partial charge is 0.0538 e. The summed E-state index contributed by atoms with van der Waals surface area (Å²) in [6.45, 7) is 9.06. The van der Waals surface area contributed by atoms with Crippen LogP contribution in [0.15, 0.2) is 12.4 Å². The van der Waals surface area contributed by atoms with Crippen molar-refractivity contribution in [3.8, 4) is 0 Å². The summed E-state index contributed by atoms with van der Waals surface area (Å²) in [4.78, 5) is 4.67. The Labute approximate surface area is 117 Å². The van der Waals surface area contributed by atoms with Crippen molar-refractivity contribution in [2.24, 2.45) is 5.73 Å². The largest absolute Gasteiger partial charge is 0.329 e. The van der Waals surface area contributed by atoms with E-state index < -0.39 is 0 Å². The lowest BCUT2D eigenvalue weighted by atomic mass is 10.1. The molecule has 2 N–H and O–H groups in total. The third-order valence-electron chi connectivity index (χ3n) is 3.48. The maximum absolute atomic E-state index is 5.97. The molecule has 0 saturated carbocycles. The minimum atomic E-state index is 0.285. The fourth-order valence-corrected chi connectivity index (χ4v) is 2.34. The van der Waals surface area contributed by atoms with E-state index in [9.17, 15) is 0 Å².